The fourth-order valence-corrected chi connectivity index (χ4v) is 7.48. The zero-order chi connectivity index (χ0) is 28.4. The van der Waals surface area contributed by atoms with E-state index < -0.39 is 50.3 Å². The van der Waals surface area contributed by atoms with Crippen molar-refractivity contribution in [3.63, 3.8) is 0 Å². The van der Waals surface area contributed by atoms with E-state index >= 15 is 0 Å². The molecule has 1 saturated heterocycles. The van der Waals surface area contributed by atoms with Crippen molar-refractivity contribution in [1.82, 2.24) is 14.5 Å². The van der Waals surface area contributed by atoms with Crippen molar-refractivity contribution < 1.29 is 19.4 Å². The Hall–Kier alpha value is -3.15. The highest BCUT2D eigenvalue weighted by molar-refractivity contribution is 6.80. The Balaban J connectivity index is 1.69. The Morgan fingerprint density at radius 2 is 1.67 bits per heavy atom. The second-order valence-electron chi connectivity index (χ2n) is 11.4. The van der Waals surface area contributed by atoms with Gasteiger partial charge in [0.05, 0.1) is 12.4 Å². The third-order valence-electron chi connectivity index (χ3n) is 6.82. The van der Waals surface area contributed by atoms with Crippen LogP contribution in [0.25, 0.3) is 0 Å². The molecule has 0 amide bonds. The van der Waals surface area contributed by atoms with E-state index in [2.05, 4.69) is 34.2 Å². The molecule has 5 atom stereocenters. The topological polar surface area (TPSA) is 109 Å². The Morgan fingerprint density at radius 3 is 2.15 bits per heavy atom. The van der Waals surface area contributed by atoms with Gasteiger partial charge in [-0.3, -0.25) is 4.57 Å². The second-order valence-corrected chi connectivity index (χ2v) is 13.8. The molecule has 0 spiro atoms. The molecule has 0 radical (unpaired) electrons. The molecule has 1 aliphatic rings. The van der Waals surface area contributed by atoms with Crippen LogP contribution in [0.3, 0.4) is 0 Å². The molecule has 5 unspecified atom stereocenters. The lowest BCUT2D eigenvalue weighted by molar-refractivity contribution is -0.114. The average molecular weight is 551 g/mol. The zero-order valence-corrected chi connectivity index (χ0v) is 24.5. The van der Waals surface area contributed by atoms with Crippen molar-refractivity contribution in [2.75, 3.05) is 14.1 Å². The van der Waals surface area contributed by atoms with Gasteiger partial charge in [0, 0.05) is 20.3 Å². The number of nitrogens with zero attached hydrogens (tertiary/aromatic N) is 4. The van der Waals surface area contributed by atoms with E-state index in [4.69, 9.17) is 9.16 Å². The van der Waals surface area contributed by atoms with Crippen LogP contribution in [-0.4, -0.2) is 78.1 Å². The predicted molar refractivity (Wildman–Crippen MR) is 155 cm³/mol. The van der Waals surface area contributed by atoms with Gasteiger partial charge in [0.25, 0.3) is 0 Å². The zero-order valence-electron chi connectivity index (χ0n) is 23.3. The molecular weight excluding hydrogens is 512 g/mol. The minimum atomic E-state index is -2.24. The molecule has 9 nitrogen and oxygen atoms in total. The lowest BCUT2D eigenvalue weighted by Crippen LogP contribution is -2.56. The van der Waals surface area contributed by atoms with E-state index in [1.165, 1.54) is 17.7 Å². The number of benzene rings is 2. The molecule has 2 N–H and O–H groups in total. The lowest BCUT2D eigenvalue weighted by atomic mass is 9.82. The third-order valence-corrected chi connectivity index (χ3v) is 9.37. The molecule has 1 fully saturated rings. The van der Waals surface area contributed by atoms with Gasteiger partial charge < -0.3 is 24.3 Å². The number of hydrogen-bond donors (Lipinski definition) is 2. The molecule has 0 saturated carbocycles. The van der Waals surface area contributed by atoms with Crippen molar-refractivity contribution in [3.05, 3.63) is 83.4 Å². The smallest absolute Gasteiger partial charge is 0.351 e. The summed E-state index contributed by atoms with van der Waals surface area (Å²) in [6.07, 6.45) is -0.999. The van der Waals surface area contributed by atoms with Crippen LogP contribution in [0.4, 0.5) is 5.82 Å². The lowest BCUT2D eigenvalue weighted by Gasteiger charge is -2.39. The third kappa shape index (κ3) is 6.37. The van der Waals surface area contributed by atoms with Gasteiger partial charge in [-0.15, -0.1) is 0 Å². The summed E-state index contributed by atoms with van der Waals surface area (Å²) in [4.78, 5) is 22.9. The number of aliphatic imine (C=N–C) groups is 1. The highest BCUT2D eigenvalue weighted by atomic mass is 28.3. The number of hydrogen-bond acceptors (Lipinski definition) is 7. The number of aliphatic hydroxyl groups excluding tert-OH is 1. The highest BCUT2D eigenvalue weighted by Crippen LogP contribution is 2.43. The second kappa shape index (κ2) is 11.5. The summed E-state index contributed by atoms with van der Waals surface area (Å²) in [6.45, 7) is 7.52. The van der Waals surface area contributed by atoms with E-state index in [-0.39, 0.29) is 5.82 Å². The van der Waals surface area contributed by atoms with E-state index in [0.717, 1.165) is 10.4 Å². The van der Waals surface area contributed by atoms with Crippen LogP contribution >= 0.6 is 0 Å². The molecule has 1 aromatic heterocycles. The molecule has 4 rings (SSSR count). The summed E-state index contributed by atoms with van der Waals surface area (Å²) in [5.41, 5.74) is -2.90. The maximum atomic E-state index is 13.0. The molecule has 39 heavy (non-hydrogen) atoms. The standard InChI is InChI=1S/C29H38N4O5Si/c1-28(2,3)25(38-39(20-13-9-7-10-14-20)21-15-11-8-12-16-21)23-24(34)29(4,36)26(37-23)33-18-17-22(31-27(33)35)30-19-32(5)6/h7-19,23-26,34,36,39H,1-6H3/b30-19-. The van der Waals surface area contributed by atoms with Crippen LogP contribution in [0, 0.1) is 5.41 Å². The summed E-state index contributed by atoms with van der Waals surface area (Å²) in [7, 11) is 1.39. The summed E-state index contributed by atoms with van der Waals surface area (Å²) >= 11 is 0. The predicted octanol–water partition coefficient (Wildman–Crippen LogP) is 1.44. The molecule has 1 aliphatic heterocycles. The molecule has 0 bridgehead atoms. The van der Waals surface area contributed by atoms with Gasteiger partial charge in [-0.25, -0.2) is 9.79 Å². The summed E-state index contributed by atoms with van der Waals surface area (Å²) in [6, 6.07) is 21.7. The van der Waals surface area contributed by atoms with Gasteiger partial charge in [0.15, 0.2) is 12.0 Å². The summed E-state index contributed by atoms with van der Waals surface area (Å²) in [5.74, 6) is 0.232. The first-order chi connectivity index (χ1) is 18.4. The van der Waals surface area contributed by atoms with Crippen LogP contribution in [0.1, 0.15) is 33.9 Å². The average Bonchev–Trinajstić information content (AvgIpc) is 3.12. The minimum absolute atomic E-state index is 0.232. The highest BCUT2D eigenvalue weighted by Gasteiger charge is 2.57. The van der Waals surface area contributed by atoms with Gasteiger partial charge in [0.2, 0.25) is 9.04 Å². The molecule has 3 aromatic rings. The fourth-order valence-electron chi connectivity index (χ4n) is 4.78. The van der Waals surface area contributed by atoms with Crippen molar-refractivity contribution in [1.29, 1.82) is 0 Å². The molecular formula is C29H38N4O5Si. The first kappa shape index (κ1) is 28.8. The largest absolute Gasteiger partial charge is 0.405 e. The Bertz CT molecular complexity index is 1290. The summed E-state index contributed by atoms with van der Waals surface area (Å²) in [5, 5.41) is 25.1. The number of ether oxygens (including phenoxy) is 1. The fraction of sp³-hybridized carbons (Fsp3) is 0.414. The quantitative estimate of drug-likeness (QED) is 0.248. The van der Waals surface area contributed by atoms with Crippen LogP contribution in [0.5, 0.6) is 0 Å². The van der Waals surface area contributed by atoms with E-state index in [9.17, 15) is 15.0 Å². The monoisotopic (exact) mass is 550 g/mol. The van der Waals surface area contributed by atoms with Gasteiger partial charge in [0.1, 0.15) is 17.8 Å². The van der Waals surface area contributed by atoms with Crippen molar-refractivity contribution in [2.24, 2.45) is 10.4 Å². The van der Waals surface area contributed by atoms with Gasteiger partial charge in [-0.1, -0.05) is 81.4 Å². The van der Waals surface area contributed by atoms with Gasteiger partial charge in [-0.2, -0.15) is 4.98 Å². The maximum absolute atomic E-state index is 13.0. The van der Waals surface area contributed by atoms with E-state index in [0.29, 0.717) is 0 Å². The molecule has 2 aromatic carbocycles. The van der Waals surface area contributed by atoms with Crippen LogP contribution < -0.4 is 16.1 Å². The first-order valence-electron chi connectivity index (χ1n) is 13.0. The first-order valence-corrected chi connectivity index (χ1v) is 14.6. The van der Waals surface area contributed by atoms with Crippen LogP contribution in [-0.2, 0) is 9.16 Å². The SMILES string of the molecule is CN(C)/C=N\c1ccn(C2OC(C(O[SiH](c3ccccc3)c3ccccc3)C(C)(C)C)C(O)C2(C)O)c(=O)n1. The minimum Gasteiger partial charge on any atom is -0.405 e. The van der Waals surface area contributed by atoms with Crippen molar-refractivity contribution >= 4 is 31.6 Å². The molecule has 10 heteroatoms. The number of aromatic nitrogens is 2. The Morgan fingerprint density at radius 1 is 1.10 bits per heavy atom. The molecule has 2 heterocycles. The van der Waals surface area contributed by atoms with Crippen molar-refractivity contribution in [2.45, 2.75) is 57.8 Å². The number of rotatable bonds is 8. The summed E-state index contributed by atoms with van der Waals surface area (Å²) < 4.78 is 14.5. The Labute approximate surface area is 231 Å². The van der Waals surface area contributed by atoms with E-state index in [1.807, 2.05) is 71.3 Å². The normalized spacial score (nSPS) is 24.4. The van der Waals surface area contributed by atoms with E-state index in [1.54, 1.807) is 17.3 Å². The maximum Gasteiger partial charge on any atom is 0.351 e. The number of aliphatic hydroxyl groups is 2. The van der Waals surface area contributed by atoms with Crippen LogP contribution in [0.2, 0.25) is 0 Å². The van der Waals surface area contributed by atoms with Gasteiger partial charge in [-0.05, 0) is 28.8 Å². The molecule has 208 valence electrons. The van der Waals surface area contributed by atoms with Gasteiger partial charge >= 0.3 is 5.69 Å². The van der Waals surface area contributed by atoms with Crippen molar-refractivity contribution in [3.8, 4) is 0 Å². The Kier molecular flexibility index (Phi) is 8.53. The molecule has 0 aliphatic carbocycles. The van der Waals surface area contributed by atoms with Crippen LogP contribution in [0.15, 0.2) is 82.7 Å².